The Morgan fingerprint density at radius 3 is 2.24 bits per heavy atom. The molecular weight excluding hydrogens is 362 g/mol. The molecular formula is C24H25N3O2. The first-order valence-electron chi connectivity index (χ1n) is 10.0. The molecule has 29 heavy (non-hydrogen) atoms. The van der Waals surface area contributed by atoms with E-state index in [1.54, 1.807) is 0 Å². The lowest BCUT2D eigenvalue weighted by atomic mass is 10.0. The molecule has 148 valence electrons. The molecule has 0 N–H and O–H groups in total. The van der Waals surface area contributed by atoms with Crippen LogP contribution >= 0.6 is 0 Å². The largest absolute Gasteiger partial charge is 0.474 e. The summed E-state index contributed by atoms with van der Waals surface area (Å²) in [6.45, 7) is 5.18. The molecule has 0 aliphatic carbocycles. The third-order valence-corrected chi connectivity index (χ3v) is 5.20. The summed E-state index contributed by atoms with van der Waals surface area (Å²) in [6, 6.07) is 19.9. The smallest absolute Gasteiger partial charge is 0.253 e. The molecule has 2 aromatic carbocycles. The minimum atomic E-state index is 0.0770. The number of aryl methyl sites for hydroxylation is 2. The summed E-state index contributed by atoms with van der Waals surface area (Å²) < 4.78 is 6.03. The van der Waals surface area contributed by atoms with Crippen LogP contribution in [0.1, 0.15) is 34.7 Å². The number of carbonyl (C=O) groups excluding carboxylic acids is 1. The first-order valence-corrected chi connectivity index (χ1v) is 10.0. The van der Waals surface area contributed by atoms with Crippen LogP contribution in [0.5, 0.6) is 5.88 Å². The highest BCUT2D eigenvalue weighted by Crippen LogP contribution is 2.22. The Bertz CT molecular complexity index is 959. The minimum absolute atomic E-state index is 0.0770. The van der Waals surface area contributed by atoms with Gasteiger partial charge in [-0.25, -0.2) is 4.98 Å². The SMILES string of the molecule is Cc1cc(OC2CCN(C(=O)c3ccc(-c4ccccc4)cc3)CC2)nc(C)n1. The highest BCUT2D eigenvalue weighted by Gasteiger charge is 2.25. The zero-order valence-corrected chi connectivity index (χ0v) is 16.8. The molecule has 5 nitrogen and oxygen atoms in total. The Hall–Kier alpha value is -3.21. The molecule has 0 radical (unpaired) electrons. The van der Waals surface area contributed by atoms with Crippen LogP contribution in [0.25, 0.3) is 11.1 Å². The molecule has 0 atom stereocenters. The van der Waals surface area contributed by atoms with Gasteiger partial charge in [0.05, 0.1) is 0 Å². The number of likely N-dealkylation sites (tertiary alicyclic amines) is 1. The topological polar surface area (TPSA) is 55.3 Å². The van der Waals surface area contributed by atoms with Crippen LogP contribution in [0.15, 0.2) is 60.7 Å². The highest BCUT2D eigenvalue weighted by atomic mass is 16.5. The Morgan fingerprint density at radius 1 is 0.931 bits per heavy atom. The second-order valence-corrected chi connectivity index (χ2v) is 7.45. The van der Waals surface area contributed by atoms with Crippen LogP contribution in [0.4, 0.5) is 0 Å². The van der Waals surface area contributed by atoms with E-state index in [0.717, 1.165) is 35.2 Å². The molecule has 1 amide bonds. The van der Waals surface area contributed by atoms with Crippen LogP contribution in [-0.2, 0) is 0 Å². The highest BCUT2D eigenvalue weighted by molar-refractivity contribution is 5.94. The predicted molar refractivity (Wildman–Crippen MR) is 113 cm³/mol. The van der Waals surface area contributed by atoms with Gasteiger partial charge in [0.1, 0.15) is 11.9 Å². The second kappa shape index (κ2) is 8.43. The van der Waals surface area contributed by atoms with Gasteiger partial charge in [-0.3, -0.25) is 4.79 Å². The average Bonchev–Trinajstić information content (AvgIpc) is 2.74. The molecule has 0 bridgehead atoms. The van der Waals surface area contributed by atoms with Crippen LogP contribution < -0.4 is 4.74 Å². The number of hydrogen-bond donors (Lipinski definition) is 0. The Balaban J connectivity index is 1.35. The van der Waals surface area contributed by atoms with Crippen molar-refractivity contribution in [2.24, 2.45) is 0 Å². The van der Waals surface area contributed by atoms with Gasteiger partial charge in [-0.15, -0.1) is 0 Å². The average molecular weight is 387 g/mol. The molecule has 1 saturated heterocycles. The number of benzene rings is 2. The summed E-state index contributed by atoms with van der Waals surface area (Å²) in [4.78, 5) is 23.4. The molecule has 5 heteroatoms. The quantitative estimate of drug-likeness (QED) is 0.664. The Morgan fingerprint density at radius 2 is 1.59 bits per heavy atom. The van der Waals surface area contributed by atoms with Gasteiger partial charge in [-0.05, 0) is 37.1 Å². The summed E-state index contributed by atoms with van der Waals surface area (Å²) in [5.74, 6) is 1.42. The summed E-state index contributed by atoms with van der Waals surface area (Å²) in [5, 5.41) is 0. The lowest BCUT2D eigenvalue weighted by molar-refractivity contribution is 0.0587. The van der Waals surface area contributed by atoms with Crippen LogP contribution in [-0.4, -0.2) is 40.0 Å². The number of hydrogen-bond acceptors (Lipinski definition) is 4. The van der Waals surface area contributed by atoms with Crippen molar-refractivity contribution in [1.29, 1.82) is 0 Å². The van der Waals surface area contributed by atoms with Crippen molar-refractivity contribution in [3.8, 4) is 17.0 Å². The molecule has 1 fully saturated rings. The van der Waals surface area contributed by atoms with Crippen molar-refractivity contribution >= 4 is 5.91 Å². The number of nitrogens with zero attached hydrogens (tertiary/aromatic N) is 3. The molecule has 0 spiro atoms. The molecule has 2 heterocycles. The summed E-state index contributed by atoms with van der Waals surface area (Å²) in [5.41, 5.74) is 3.90. The molecule has 0 saturated carbocycles. The van der Waals surface area contributed by atoms with Crippen LogP contribution in [0.3, 0.4) is 0 Å². The van der Waals surface area contributed by atoms with E-state index in [2.05, 4.69) is 22.1 Å². The molecule has 3 aromatic rings. The lowest BCUT2D eigenvalue weighted by Crippen LogP contribution is -2.41. The van der Waals surface area contributed by atoms with E-state index in [9.17, 15) is 4.79 Å². The number of amides is 1. The number of ether oxygens (including phenoxy) is 1. The van der Waals surface area contributed by atoms with Crippen molar-refractivity contribution in [3.63, 3.8) is 0 Å². The first kappa shape index (κ1) is 19.1. The van der Waals surface area contributed by atoms with Crippen molar-refractivity contribution < 1.29 is 9.53 Å². The molecule has 0 unspecified atom stereocenters. The second-order valence-electron chi connectivity index (χ2n) is 7.45. The predicted octanol–water partition coefficient (Wildman–Crippen LogP) is 4.44. The van der Waals surface area contributed by atoms with E-state index < -0.39 is 0 Å². The first-order chi connectivity index (χ1) is 14.1. The van der Waals surface area contributed by atoms with Crippen molar-refractivity contribution in [3.05, 3.63) is 77.7 Å². The van der Waals surface area contributed by atoms with Crippen molar-refractivity contribution in [1.82, 2.24) is 14.9 Å². The maximum atomic E-state index is 12.9. The van der Waals surface area contributed by atoms with Gasteiger partial charge in [0.15, 0.2) is 0 Å². The molecule has 1 aliphatic rings. The van der Waals surface area contributed by atoms with E-state index in [1.165, 1.54) is 0 Å². The summed E-state index contributed by atoms with van der Waals surface area (Å²) in [7, 11) is 0. The fourth-order valence-corrected chi connectivity index (χ4v) is 3.71. The molecule has 1 aromatic heterocycles. The van der Waals surface area contributed by atoms with Gasteiger partial charge in [0.25, 0.3) is 5.91 Å². The van der Waals surface area contributed by atoms with E-state index in [1.807, 2.05) is 67.3 Å². The van der Waals surface area contributed by atoms with Crippen LogP contribution in [0, 0.1) is 13.8 Å². The third-order valence-electron chi connectivity index (χ3n) is 5.20. The summed E-state index contributed by atoms with van der Waals surface area (Å²) in [6.07, 6.45) is 1.68. The Labute approximate surface area is 171 Å². The number of aromatic nitrogens is 2. The zero-order valence-electron chi connectivity index (χ0n) is 16.8. The van der Waals surface area contributed by atoms with Crippen molar-refractivity contribution in [2.75, 3.05) is 13.1 Å². The third kappa shape index (κ3) is 4.62. The zero-order chi connectivity index (χ0) is 20.2. The number of rotatable bonds is 4. The monoisotopic (exact) mass is 387 g/mol. The van der Waals surface area contributed by atoms with E-state index in [0.29, 0.717) is 24.8 Å². The van der Waals surface area contributed by atoms with Gasteiger partial charge in [-0.2, -0.15) is 4.98 Å². The Kier molecular flexibility index (Phi) is 5.56. The molecule has 4 rings (SSSR count). The fourth-order valence-electron chi connectivity index (χ4n) is 3.71. The van der Waals surface area contributed by atoms with Gasteiger partial charge in [0.2, 0.25) is 5.88 Å². The van der Waals surface area contributed by atoms with Gasteiger partial charge < -0.3 is 9.64 Å². The van der Waals surface area contributed by atoms with Gasteiger partial charge in [-0.1, -0.05) is 42.5 Å². The minimum Gasteiger partial charge on any atom is -0.474 e. The molecule has 1 aliphatic heterocycles. The number of carbonyl (C=O) groups is 1. The van der Waals surface area contributed by atoms with Gasteiger partial charge >= 0.3 is 0 Å². The summed E-state index contributed by atoms with van der Waals surface area (Å²) >= 11 is 0. The fraction of sp³-hybridized carbons (Fsp3) is 0.292. The van der Waals surface area contributed by atoms with Crippen molar-refractivity contribution in [2.45, 2.75) is 32.8 Å². The van der Waals surface area contributed by atoms with E-state index in [4.69, 9.17) is 4.74 Å². The van der Waals surface area contributed by atoms with Gasteiger partial charge in [0, 0.05) is 43.3 Å². The lowest BCUT2D eigenvalue weighted by Gasteiger charge is -2.32. The maximum Gasteiger partial charge on any atom is 0.253 e. The van der Waals surface area contributed by atoms with E-state index >= 15 is 0 Å². The van der Waals surface area contributed by atoms with E-state index in [-0.39, 0.29) is 12.0 Å². The normalized spacial score (nSPS) is 14.6. The maximum absolute atomic E-state index is 12.9. The van der Waals surface area contributed by atoms with Crippen LogP contribution in [0.2, 0.25) is 0 Å². The number of piperidine rings is 1. The standard InChI is InChI=1S/C24H25N3O2/c1-17-16-23(26-18(2)25-17)29-22-12-14-27(15-13-22)24(28)21-10-8-20(9-11-21)19-6-4-3-5-7-19/h3-11,16,22H,12-15H2,1-2H3.